The number of halogens is 1. The van der Waals surface area contributed by atoms with Crippen LogP contribution in [0.1, 0.15) is 31.2 Å². The highest BCUT2D eigenvalue weighted by Crippen LogP contribution is 2.30. The fourth-order valence-electron chi connectivity index (χ4n) is 3.38. The molecule has 0 radical (unpaired) electrons. The van der Waals surface area contributed by atoms with Gasteiger partial charge in [0.05, 0.1) is 0 Å². The molecule has 3 rings (SSSR count). The molecule has 0 aliphatic carbocycles. The first-order valence-electron chi connectivity index (χ1n) is 7.94. The lowest BCUT2D eigenvalue weighted by Gasteiger charge is -2.28. The standard InChI is InChI=1S/C17H23BrN2O/c18-11-14-10-17(21)20(12-14)16-7-3-2-6-15(16)13-19-8-4-1-5-9-19/h2-3,6-7,14H,1,4-5,8-13H2. The van der Waals surface area contributed by atoms with E-state index in [1.807, 2.05) is 11.0 Å². The normalized spacial score (nSPS) is 23.8. The minimum Gasteiger partial charge on any atom is -0.312 e. The van der Waals surface area contributed by atoms with Gasteiger partial charge in [0.25, 0.3) is 0 Å². The summed E-state index contributed by atoms with van der Waals surface area (Å²) in [4.78, 5) is 16.8. The van der Waals surface area contributed by atoms with E-state index in [4.69, 9.17) is 0 Å². The van der Waals surface area contributed by atoms with Crippen molar-refractivity contribution in [3.63, 3.8) is 0 Å². The quantitative estimate of drug-likeness (QED) is 0.776. The van der Waals surface area contributed by atoms with E-state index >= 15 is 0 Å². The largest absolute Gasteiger partial charge is 0.312 e. The third kappa shape index (κ3) is 3.49. The van der Waals surface area contributed by atoms with Crippen molar-refractivity contribution in [3.8, 4) is 0 Å². The lowest BCUT2D eigenvalue weighted by molar-refractivity contribution is -0.117. The number of hydrogen-bond acceptors (Lipinski definition) is 2. The minimum atomic E-state index is 0.269. The summed E-state index contributed by atoms with van der Waals surface area (Å²) in [6.07, 6.45) is 4.63. The van der Waals surface area contributed by atoms with Crippen LogP contribution in [0.3, 0.4) is 0 Å². The molecule has 4 heteroatoms. The third-order valence-electron chi connectivity index (χ3n) is 4.55. The number of carbonyl (C=O) groups excluding carboxylic acids is 1. The van der Waals surface area contributed by atoms with Crippen molar-refractivity contribution in [1.29, 1.82) is 0 Å². The number of piperidine rings is 1. The second-order valence-corrected chi connectivity index (χ2v) is 6.84. The van der Waals surface area contributed by atoms with E-state index in [0.29, 0.717) is 12.3 Å². The van der Waals surface area contributed by atoms with E-state index in [0.717, 1.165) is 24.1 Å². The van der Waals surface area contributed by atoms with E-state index in [1.54, 1.807) is 0 Å². The molecule has 2 saturated heterocycles. The number of benzene rings is 1. The number of para-hydroxylation sites is 1. The van der Waals surface area contributed by atoms with Gasteiger partial charge in [0.15, 0.2) is 0 Å². The van der Waals surface area contributed by atoms with Crippen molar-refractivity contribution in [1.82, 2.24) is 4.90 Å². The Bertz CT molecular complexity index is 499. The zero-order chi connectivity index (χ0) is 14.7. The molecule has 1 aromatic carbocycles. The molecule has 0 aromatic heterocycles. The Morgan fingerprint density at radius 1 is 1.14 bits per heavy atom. The monoisotopic (exact) mass is 350 g/mol. The van der Waals surface area contributed by atoms with Gasteiger partial charge in [0.2, 0.25) is 5.91 Å². The molecule has 1 atom stereocenters. The van der Waals surface area contributed by atoms with Crippen molar-refractivity contribution < 1.29 is 4.79 Å². The fraction of sp³-hybridized carbons (Fsp3) is 0.588. The first kappa shape index (κ1) is 15.0. The van der Waals surface area contributed by atoms with Crippen LogP contribution in [0.5, 0.6) is 0 Å². The molecule has 1 unspecified atom stereocenters. The van der Waals surface area contributed by atoms with Gasteiger partial charge in [-0.25, -0.2) is 0 Å². The average Bonchev–Trinajstić information content (AvgIpc) is 2.90. The number of likely N-dealkylation sites (tertiary alicyclic amines) is 1. The summed E-state index contributed by atoms with van der Waals surface area (Å²) in [5, 5.41) is 0.906. The summed E-state index contributed by atoms with van der Waals surface area (Å²) in [6, 6.07) is 8.42. The lowest BCUT2D eigenvalue weighted by Crippen LogP contribution is -2.31. The van der Waals surface area contributed by atoms with Crippen LogP contribution in [0.25, 0.3) is 0 Å². The van der Waals surface area contributed by atoms with Crippen LogP contribution >= 0.6 is 15.9 Å². The maximum Gasteiger partial charge on any atom is 0.227 e. The van der Waals surface area contributed by atoms with Gasteiger partial charge in [-0.2, -0.15) is 0 Å². The number of anilines is 1. The van der Waals surface area contributed by atoms with Crippen LogP contribution in [0, 0.1) is 5.92 Å². The molecule has 2 fully saturated rings. The second kappa shape index (κ2) is 6.93. The van der Waals surface area contributed by atoms with Crippen molar-refractivity contribution >= 4 is 27.5 Å². The average molecular weight is 351 g/mol. The van der Waals surface area contributed by atoms with Crippen molar-refractivity contribution in [2.45, 2.75) is 32.2 Å². The third-order valence-corrected chi connectivity index (χ3v) is 5.46. The summed E-state index contributed by atoms with van der Waals surface area (Å²) in [5.41, 5.74) is 2.42. The molecule has 2 heterocycles. The van der Waals surface area contributed by atoms with E-state index in [2.05, 4.69) is 39.0 Å². The predicted octanol–water partition coefficient (Wildman–Crippen LogP) is 3.42. The second-order valence-electron chi connectivity index (χ2n) is 6.19. The molecule has 0 bridgehead atoms. The van der Waals surface area contributed by atoms with Crippen LogP contribution in [0.2, 0.25) is 0 Å². The van der Waals surface area contributed by atoms with Gasteiger partial charge in [0, 0.05) is 30.5 Å². The Balaban J connectivity index is 1.77. The van der Waals surface area contributed by atoms with Gasteiger partial charge in [-0.3, -0.25) is 9.69 Å². The summed E-state index contributed by atoms with van der Waals surface area (Å²) >= 11 is 3.51. The summed E-state index contributed by atoms with van der Waals surface area (Å²) in [5.74, 6) is 0.714. The number of carbonyl (C=O) groups is 1. The Morgan fingerprint density at radius 3 is 2.62 bits per heavy atom. The van der Waals surface area contributed by atoms with Gasteiger partial charge >= 0.3 is 0 Å². The molecule has 1 amide bonds. The highest BCUT2D eigenvalue weighted by atomic mass is 79.9. The SMILES string of the molecule is O=C1CC(CBr)CN1c1ccccc1CN1CCCCC1. The molecular formula is C17H23BrN2O. The van der Waals surface area contributed by atoms with E-state index in [9.17, 15) is 4.79 Å². The van der Waals surface area contributed by atoms with Crippen molar-refractivity contribution in [2.75, 3.05) is 29.9 Å². The van der Waals surface area contributed by atoms with E-state index < -0.39 is 0 Å². The summed E-state index contributed by atoms with van der Waals surface area (Å²) in [7, 11) is 0. The molecule has 21 heavy (non-hydrogen) atoms. The molecule has 2 aliphatic rings. The lowest BCUT2D eigenvalue weighted by atomic mass is 10.1. The molecule has 0 saturated carbocycles. The van der Waals surface area contributed by atoms with E-state index in [-0.39, 0.29) is 5.91 Å². The fourth-order valence-corrected chi connectivity index (χ4v) is 3.82. The predicted molar refractivity (Wildman–Crippen MR) is 89.8 cm³/mol. The zero-order valence-corrected chi connectivity index (χ0v) is 14.0. The first-order chi connectivity index (χ1) is 10.3. The molecule has 1 aromatic rings. The Kier molecular flexibility index (Phi) is 4.96. The van der Waals surface area contributed by atoms with Crippen molar-refractivity contribution in [3.05, 3.63) is 29.8 Å². The van der Waals surface area contributed by atoms with Crippen LogP contribution < -0.4 is 4.90 Å². The van der Waals surface area contributed by atoms with Crippen LogP contribution in [-0.2, 0) is 11.3 Å². The number of alkyl halides is 1. The van der Waals surface area contributed by atoms with Crippen LogP contribution in [0.15, 0.2) is 24.3 Å². The number of rotatable bonds is 4. The van der Waals surface area contributed by atoms with Gasteiger partial charge in [-0.15, -0.1) is 0 Å². The Morgan fingerprint density at radius 2 is 1.90 bits per heavy atom. The number of hydrogen-bond donors (Lipinski definition) is 0. The number of nitrogens with zero attached hydrogens (tertiary/aromatic N) is 2. The highest BCUT2D eigenvalue weighted by molar-refractivity contribution is 9.09. The van der Waals surface area contributed by atoms with E-state index in [1.165, 1.54) is 37.9 Å². The first-order valence-corrected chi connectivity index (χ1v) is 9.06. The molecule has 0 spiro atoms. The molecule has 2 aliphatic heterocycles. The van der Waals surface area contributed by atoms with Gasteiger partial charge < -0.3 is 4.90 Å². The summed E-state index contributed by atoms with van der Waals surface area (Å²) < 4.78 is 0. The smallest absolute Gasteiger partial charge is 0.227 e. The van der Waals surface area contributed by atoms with Crippen LogP contribution in [-0.4, -0.2) is 35.8 Å². The van der Waals surface area contributed by atoms with Crippen molar-refractivity contribution in [2.24, 2.45) is 5.92 Å². The van der Waals surface area contributed by atoms with Gasteiger partial charge in [-0.05, 0) is 43.5 Å². The topological polar surface area (TPSA) is 23.6 Å². The molecule has 114 valence electrons. The van der Waals surface area contributed by atoms with Gasteiger partial charge in [0.1, 0.15) is 0 Å². The Labute approximate surface area is 135 Å². The molecule has 3 nitrogen and oxygen atoms in total. The molecule has 0 N–H and O–H groups in total. The highest BCUT2D eigenvalue weighted by Gasteiger charge is 2.31. The maximum atomic E-state index is 12.3. The van der Waals surface area contributed by atoms with Crippen LogP contribution in [0.4, 0.5) is 5.69 Å². The molecular weight excluding hydrogens is 328 g/mol. The minimum absolute atomic E-state index is 0.269. The maximum absolute atomic E-state index is 12.3. The summed E-state index contributed by atoms with van der Waals surface area (Å²) in [6.45, 7) is 4.19. The Hall–Kier alpha value is -0.870. The van der Waals surface area contributed by atoms with Gasteiger partial charge in [-0.1, -0.05) is 40.5 Å². The zero-order valence-electron chi connectivity index (χ0n) is 12.4. The number of amides is 1.